The fraction of sp³-hybridized carbons (Fsp3) is 0.200. The normalized spacial score (nSPS) is 10.9. The van der Waals surface area contributed by atoms with Crippen LogP contribution in [0.15, 0.2) is 18.2 Å². The summed E-state index contributed by atoms with van der Waals surface area (Å²) >= 11 is 2.90. The van der Waals surface area contributed by atoms with Gasteiger partial charge in [-0.05, 0) is 12.1 Å². The van der Waals surface area contributed by atoms with Crippen molar-refractivity contribution < 1.29 is 18.0 Å². The second-order valence-electron chi connectivity index (χ2n) is 2.93. The number of hydrogen-bond donors (Lipinski definition) is 0. The van der Waals surface area contributed by atoms with Crippen LogP contribution >= 0.6 is 15.9 Å². The summed E-state index contributed by atoms with van der Waals surface area (Å²) in [4.78, 5) is 11.2. The molecular formula is C10H5BrF3NO. The summed E-state index contributed by atoms with van der Waals surface area (Å²) in [6, 6.07) is 4.19. The Labute approximate surface area is 97.8 Å². The van der Waals surface area contributed by atoms with Crippen molar-refractivity contribution in [1.82, 2.24) is 0 Å². The van der Waals surface area contributed by atoms with E-state index in [0.29, 0.717) is 0 Å². The predicted octanol–water partition coefficient (Wildman–Crippen LogP) is 3.15. The molecule has 0 unspecified atom stereocenters. The van der Waals surface area contributed by atoms with Gasteiger partial charge in [-0.25, -0.2) is 0 Å². The molecular weight excluding hydrogens is 287 g/mol. The Balaban J connectivity index is 3.29. The molecule has 0 saturated carbocycles. The zero-order valence-electron chi connectivity index (χ0n) is 7.81. The van der Waals surface area contributed by atoms with E-state index in [4.69, 9.17) is 5.26 Å². The first kappa shape index (κ1) is 12.7. The molecule has 0 aromatic heterocycles. The molecule has 0 saturated heterocycles. The Morgan fingerprint density at radius 2 is 2.06 bits per heavy atom. The highest BCUT2D eigenvalue weighted by Crippen LogP contribution is 2.32. The number of rotatable bonds is 2. The molecule has 0 amide bonds. The van der Waals surface area contributed by atoms with Gasteiger partial charge in [-0.15, -0.1) is 0 Å². The van der Waals surface area contributed by atoms with Crippen LogP contribution in [0.3, 0.4) is 0 Å². The number of halogens is 4. The van der Waals surface area contributed by atoms with Crippen LogP contribution in [0, 0.1) is 11.3 Å². The molecule has 1 aromatic carbocycles. The average molecular weight is 292 g/mol. The largest absolute Gasteiger partial charge is 0.417 e. The third-order valence-electron chi connectivity index (χ3n) is 1.89. The number of nitrogens with zero attached hydrogens (tertiary/aromatic N) is 1. The fourth-order valence-electron chi connectivity index (χ4n) is 1.13. The van der Waals surface area contributed by atoms with Crippen molar-refractivity contribution in [3.8, 4) is 6.07 Å². The van der Waals surface area contributed by atoms with Crippen LogP contribution in [0.4, 0.5) is 13.2 Å². The molecule has 1 aromatic rings. The van der Waals surface area contributed by atoms with Gasteiger partial charge in [-0.1, -0.05) is 22.0 Å². The van der Waals surface area contributed by atoms with Gasteiger partial charge in [0.05, 0.1) is 22.5 Å². The molecule has 0 spiro atoms. The van der Waals surface area contributed by atoms with E-state index < -0.39 is 17.3 Å². The standard InChI is InChI=1S/C10H5BrF3NO/c11-4-9(16)6-1-2-8(10(12,13)14)7(3-6)5-15/h1-3H,4H2. The lowest BCUT2D eigenvalue weighted by Gasteiger charge is -2.09. The molecule has 0 aliphatic carbocycles. The highest BCUT2D eigenvalue weighted by Gasteiger charge is 2.33. The Bertz CT molecular complexity index is 462. The van der Waals surface area contributed by atoms with Crippen LogP contribution in [0.5, 0.6) is 0 Å². The van der Waals surface area contributed by atoms with Crippen LogP contribution in [-0.4, -0.2) is 11.1 Å². The van der Waals surface area contributed by atoms with Crippen LogP contribution in [0.25, 0.3) is 0 Å². The summed E-state index contributed by atoms with van der Waals surface area (Å²) < 4.78 is 37.2. The first-order valence-electron chi connectivity index (χ1n) is 4.10. The van der Waals surface area contributed by atoms with Gasteiger partial charge in [-0.3, -0.25) is 4.79 Å². The summed E-state index contributed by atoms with van der Waals surface area (Å²) in [5, 5.41) is 8.59. The lowest BCUT2D eigenvalue weighted by molar-refractivity contribution is -0.137. The third kappa shape index (κ3) is 2.61. The van der Waals surface area contributed by atoms with E-state index >= 15 is 0 Å². The van der Waals surface area contributed by atoms with Crippen molar-refractivity contribution in [3.05, 3.63) is 34.9 Å². The molecule has 0 bridgehead atoms. The zero-order valence-corrected chi connectivity index (χ0v) is 9.39. The second-order valence-corrected chi connectivity index (χ2v) is 3.49. The first-order chi connectivity index (χ1) is 7.40. The first-order valence-corrected chi connectivity index (χ1v) is 5.22. The van der Waals surface area contributed by atoms with E-state index in [1.807, 2.05) is 0 Å². The second kappa shape index (κ2) is 4.66. The third-order valence-corrected chi connectivity index (χ3v) is 2.40. The molecule has 0 heterocycles. The molecule has 6 heteroatoms. The van der Waals surface area contributed by atoms with Crippen molar-refractivity contribution in [1.29, 1.82) is 5.26 Å². The van der Waals surface area contributed by atoms with Crippen molar-refractivity contribution in [2.75, 3.05) is 5.33 Å². The van der Waals surface area contributed by atoms with Gasteiger partial charge in [0, 0.05) is 5.56 Å². The van der Waals surface area contributed by atoms with Gasteiger partial charge < -0.3 is 0 Å². The molecule has 0 aliphatic heterocycles. The minimum absolute atomic E-state index is 0.00321. The van der Waals surface area contributed by atoms with E-state index in [-0.39, 0.29) is 16.7 Å². The molecule has 0 N–H and O–H groups in total. The Morgan fingerprint density at radius 3 is 2.50 bits per heavy atom. The fourth-order valence-corrected chi connectivity index (χ4v) is 1.46. The summed E-state index contributed by atoms with van der Waals surface area (Å²) in [6.07, 6.45) is -4.58. The van der Waals surface area contributed by atoms with Crippen LogP contribution < -0.4 is 0 Å². The van der Waals surface area contributed by atoms with Crippen molar-refractivity contribution in [2.45, 2.75) is 6.18 Å². The van der Waals surface area contributed by atoms with Gasteiger partial charge in [-0.2, -0.15) is 18.4 Å². The predicted molar refractivity (Wildman–Crippen MR) is 54.3 cm³/mol. The van der Waals surface area contributed by atoms with E-state index in [9.17, 15) is 18.0 Å². The highest BCUT2D eigenvalue weighted by atomic mass is 79.9. The van der Waals surface area contributed by atoms with Crippen molar-refractivity contribution in [2.24, 2.45) is 0 Å². The lowest BCUT2D eigenvalue weighted by atomic mass is 10.0. The molecule has 2 nitrogen and oxygen atoms in total. The topological polar surface area (TPSA) is 40.9 Å². The number of Topliss-reactive ketones (excluding diaryl/α,β-unsaturated/α-hetero) is 1. The lowest BCUT2D eigenvalue weighted by Crippen LogP contribution is -2.09. The number of carbonyl (C=O) groups is 1. The smallest absolute Gasteiger partial charge is 0.293 e. The maximum absolute atomic E-state index is 12.4. The molecule has 0 atom stereocenters. The van der Waals surface area contributed by atoms with Crippen molar-refractivity contribution in [3.63, 3.8) is 0 Å². The molecule has 16 heavy (non-hydrogen) atoms. The van der Waals surface area contributed by atoms with Crippen molar-refractivity contribution >= 4 is 21.7 Å². The summed E-state index contributed by atoms with van der Waals surface area (Å²) in [5.74, 6) is -0.370. The van der Waals surface area contributed by atoms with Gasteiger partial charge in [0.15, 0.2) is 5.78 Å². The van der Waals surface area contributed by atoms with Crippen LogP contribution in [0.2, 0.25) is 0 Å². The minimum atomic E-state index is -4.58. The van der Waals surface area contributed by atoms with Crippen LogP contribution in [0.1, 0.15) is 21.5 Å². The summed E-state index contributed by atoms with van der Waals surface area (Å²) in [5.41, 5.74) is -1.48. The van der Waals surface area contributed by atoms with Crippen LogP contribution in [-0.2, 0) is 6.18 Å². The molecule has 0 radical (unpaired) electrons. The zero-order chi connectivity index (χ0) is 12.3. The quantitative estimate of drug-likeness (QED) is 0.620. The van der Waals surface area contributed by atoms with Gasteiger partial charge in [0.1, 0.15) is 0 Å². The average Bonchev–Trinajstić information content (AvgIpc) is 2.25. The SMILES string of the molecule is N#Cc1cc(C(=O)CBr)ccc1C(F)(F)F. The van der Waals surface area contributed by atoms with E-state index in [1.165, 1.54) is 6.07 Å². The Hall–Kier alpha value is -1.35. The highest BCUT2D eigenvalue weighted by molar-refractivity contribution is 9.09. The van der Waals surface area contributed by atoms with Gasteiger partial charge >= 0.3 is 6.18 Å². The minimum Gasteiger partial charge on any atom is -0.293 e. The summed E-state index contributed by atoms with van der Waals surface area (Å²) in [7, 11) is 0. The van der Waals surface area contributed by atoms with Gasteiger partial charge in [0.25, 0.3) is 0 Å². The Kier molecular flexibility index (Phi) is 3.70. The maximum atomic E-state index is 12.4. The van der Waals surface area contributed by atoms with E-state index in [1.54, 1.807) is 0 Å². The Morgan fingerprint density at radius 1 is 1.44 bits per heavy atom. The van der Waals surface area contributed by atoms with Gasteiger partial charge in [0.2, 0.25) is 0 Å². The monoisotopic (exact) mass is 291 g/mol. The number of nitriles is 1. The number of carbonyl (C=O) groups excluding carboxylic acids is 1. The maximum Gasteiger partial charge on any atom is 0.417 e. The summed E-state index contributed by atoms with van der Waals surface area (Å²) in [6.45, 7) is 0. The molecule has 1 rings (SSSR count). The molecule has 0 fully saturated rings. The number of ketones is 1. The molecule has 84 valence electrons. The number of hydrogen-bond acceptors (Lipinski definition) is 2. The number of alkyl halides is 4. The van der Waals surface area contributed by atoms with E-state index in [2.05, 4.69) is 15.9 Å². The number of benzene rings is 1. The molecule has 0 aliphatic rings. The van der Waals surface area contributed by atoms with E-state index in [0.717, 1.165) is 18.2 Å².